The number of rotatable bonds is 2. The van der Waals surface area contributed by atoms with Crippen LogP contribution in [0.2, 0.25) is 0 Å². The van der Waals surface area contributed by atoms with Crippen LogP contribution in [-0.4, -0.2) is 41.6 Å². The molecule has 0 spiro atoms. The van der Waals surface area contributed by atoms with E-state index in [2.05, 4.69) is 5.32 Å². The van der Waals surface area contributed by atoms with Gasteiger partial charge in [0, 0.05) is 13.1 Å². The first-order valence-corrected chi connectivity index (χ1v) is 7.29. The van der Waals surface area contributed by atoms with Crippen molar-refractivity contribution in [2.24, 2.45) is 0 Å². The molecule has 2 amide bonds. The smallest absolute Gasteiger partial charge is 0.407 e. The van der Waals surface area contributed by atoms with Gasteiger partial charge in [0.1, 0.15) is 11.4 Å². The number of likely N-dealkylation sites (tertiary alicyclic amines) is 1. The van der Waals surface area contributed by atoms with Crippen LogP contribution in [0.1, 0.15) is 37.6 Å². The summed E-state index contributed by atoms with van der Waals surface area (Å²) in [7, 11) is 0. The third-order valence-electron chi connectivity index (χ3n) is 3.30. The number of alkyl carbamates (subject to hydrolysis) is 1. The van der Waals surface area contributed by atoms with E-state index in [1.54, 1.807) is 37.8 Å². The molecule has 22 heavy (non-hydrogen) atoms. The maximum absolute atomic E-state index is 13.6. The highest BCUT2D eigenvalue weighted by atomic mass is 19.1. The Balaban J connectivity index is 1.92. The molecular weight excluding hydrogens is 287 g/mol. The van der Waals surface area contributed by atoms with Crippen LogP contribution in [0.25, 0.3) is 0 Å². The van der Waals surface area contributed by atoms with Crippen molar-refractivity contribution in [1.29, 1.82) is 0 Å². The molecule has 1 saturated heterocycles. The van der Waals surface area contributed by atoms with E-state index in [0.29, 0.717) is 19.5 Å². The van der Waals surface area contributed by atoms with Gasteiger partial charge in [-0.1, -0.05) is 12.1 Å². The van der Waals surface area contributed by atoms with Gasteiger partial charge in [0.15, 0.2) is 0 Å². The summed E-state index contributed by atoms with van der Waals surface area (Å²) in [6.45, 7) is 6.19. The van der Waals surface area contributed by atoms with Crippen LogP contribution in [-0.2, 0) is 4.74 Å². The summed E-state index contributed by atoms with van der Waals surface area (Å²) in [4.78, 5) is 25.5. The lowest BCUT2D eigenvalue weighted by Crippen LogP contribution is -2.41. The monoisotopic (exact) mass is 308 g/mol. The predicted octanol–water partition coefficient (Wildman–Crippen LogP) is 2.56. The van der Waals surface area contributed by atoms with E-state index >= 15 is 0 Å². The highest BCUT2D eigenvalue weighted by Gasteiger charge is 2.30. The van der Waals surface area contributed by atoms with Crippen molar-refractivity contribution in [3.05, 3.63) is 35.6 Å². The number of ether oxygens (including phenoxy) is 1. The zero-order valence-electron chi connectivity index (χ0n) is 13.1. The van der Waals surface area contributed by atoms with Gasteiger partial charge < -0.3 is 15.0 Å². The number of amides is 2. The third kappa shape index (κ3) is 4.19. The molecule has 2 rings (SSSR count). The quantitative estimate of drug-likeness (QED) is 0.913. The van der Waals surface area contributed by atoms with Crippen molar-refractivity contribution in [1.82, 2.24) is 10.2 Å². The minimum atomic E-state index is -0.564. The van der Waals surface area contributed by atoms with Gasteiger partial charge in [0.25, 0.3) is 5.91 Å². The minimum Gasteiger partial charge on any atom is -0.444 e. The molecule has 0 unspecified atom stereocenters. The second-order valence-corrected chi connectivity index (χ2v) is 6.36. The number of nitrogens with one attached hydrogen (secondary N) is 1. The Bertz CT molecular complexity index is 569. The molecule has 0 aromatic heterocycles. The molecule has 1 fully saturated rings. The fourth-order valence-corrected chi connectivity index (χ4v) is 2.34. The molecule has 120 valence electrons. The molecule has 1 atom stereocenters. The Morgan fingerprint density at radius 2 is 2.00 bits per heavy atom. The van der Waals surface area contributed by atoms with Crippen molar-refractivity contribution in [2.75, 3.05) is 13.1 Å². The van der Waals surface area contributed by atoms with E-state index in [1.165, 1.54) is 12.1 Å². The molecule has 6 heteroatoms. The van der Waals surface area contributed by atoms with E-state index in [-0.39, 0.29) is 17.5 Å². The van der Waals surface area contributed by atoms with Crippen LogP contribution >= 0.6 is 0 Å². The van der Waals surface area contributed by atoms with Crippen molar-refractivity contribution >= 4 is 12.0 Å². The van der Waals surface area contributed by atoms with Gasteiger partial charge in [-0.3, -0.25) is 4.79 Å². The number of carbonyl (C=O) groups is 2. The molecular formula is C16H21FN2O3. The van der Waals surface area contributed by atoms with E-state index in [1.807, 2.05) is 0 Å². The molecule has 1 aromatic carbocycles. The molecule has 1 aliphatic rings. The number of benzene rings is 1. The largest absolute Gasteiger partial charge is 0.444 e. The molecule has 1 heterocycles. The van der Waals surface area contributed by atoms with Gasteiger partial charge >= 0.3 is 6.09 Å². The highest BCUT2D eigenvalue weighted by molar-refractivity contribution is 5.94. The second kappa shape index (κ2) is 6.34. The van der Waals surface area contributed by atoms with Gasteiger partial charge in [-0.15, -0.1) is 0 Å². The zero-order valence-corrected chi connectivity index (χ0v) is 13.1. The second-order valence-electron chi connectivity index (χ2n) is 6.36. The van der Waals surface area contributed by atoms with Crippen molar-refractivity contribution in [3.63, 3.8) is 0 Å². The Kier molecular flexibility index (Phi) is 4.68. The molecule has 0 radical (unpaired) electrons. The van der Waals surface area contributed by atoms with Gasteiger partial charge in [-0.05, 0) is 39.3 Å². The molecule has 1 N–H and O–H groups in total. The van der Waals surface area contributed by atoms with Crippen LogP contribution in [0.5, 0.6) is 0 Å². The first kappa shape index (κ1) is 16.3. The standard InChI is InChI=1S/C16H21FN2O3/c1-16(2,3)22-15(21)18-11-8-9-19(10-11)14(20)12-6-4-5-7-13(12)17/h4-7,11H,8-10H2,1-3H3,(H,18,21)/t11-/m1/s1. The van der Waals surface area contributed by atoms with Crippen molar-refractivity contribution < 1.29 is 18.7 Å². The average molecular weight is 308 g/mol. The first-order chi connectivity index (χ1) is 10.3. The van der Waals surface area contributed by atoms with E-state index < -0.39 is 17.5 Å². The third-order valence-corrected chi connectivity index (χ3v) is 3.30. The van der Waals surface area contributed by atoms with Crippen molar-refractivity contribution in [3.8, 4) is 0 Å². The summed E-state index contributed by atoms with van der Waals surface area (Å²) in [6.07, 6.45) is 0.122. The summed E-state index contributed by atoms with van der Waals surface area (Å²) in [5.41, 5.74) is -0.508. The van der Waals surface area contributed by atoms with E-state index in [0.717, 1.165) is 0 Å². The summed E-state index contributed by atoms with van der Waals surface area (Å²) < 4.78 is 18.8. The van der Waals surface area contributed by atoms with Gasteiger partial charge in [-0.25, -0.2) is 9.18 Å². The first-order valence-electron chi connectivity index (χ1n) is 7.29. The lowest BCUT2D eigenvalue weighted by Gasteiger charge is -2.22. The maximum atomic E-state index is 13.6. The number of nitrogens with zero attached hydrogens (tertiary/aromatic N) is 1. The highest BCUT2D eigenvalue weighted by Crippen LogP contribution is 2.16. The fraction of sp³-hybridized carbons (Fsp3) is 0.500. The molecule has 5 nitrogen and oxygen atoms in total. The fourth-order valence-electron chi connectivity index (χ4n) is 2.34. The van der Waals surface area contributed by atoms with Gasteiger partial charge in [0.05, 0.1) is 11.6 Å². The van der Waals surface area contributed by atoms with Crippen LogP contribution < -0.4 is 5.32 Å². The Morgan fingerprint density at radius 1 is 1.32 bits per heavy atom. The molecule has 0 bridgehead atoms. The topological polar surface area (TPSA) is 58.6 Å². The normalized spacial score (nSPS) is 18.2. The summed E-state index contributed by atoms with van der Waals surface area (Å²) in [5.74, 6) is -0.886. The van der Waals surface area contributed by atoms with Gasteiger partial charge in [0.2, 0.25) is 0 Å². The summed E-state index contributed by atoms with van der Waals surface area (Å²) >= 11 is 0. The Hall–Kier alpha value is -2.11. The SMILES string of the molecule is CC(C)(C)OC(=O)N[C@@H]1CCN(C(=O)c2ccccc2F)C1. The van der Waals surface area contributed by atoms with E-state index in [9.17, 15) is 14.0 Å². The summed E-state index contributed by atoms with van der Waals surface area (Å²) in [6, 6.07) is 5.73. The Morgan fingerprint density at radius 3 is 2.64 bits per heavy atom. The molecule has 1 aliphatic heterocycles. The van der Waals surface area contributed by atoms with Gasteiger partial charge in [-0.2, -0.15) is 0 Å². The lowest BCUT2D eigenvalue weighted by molar-refractivity contribution is 0.0502. The molecule has 1 aromatic rings. The molecule has 0 aliphatic carbocycles. The number of halogens is 1. The predicted molar refractivity (Wildman–Crippen MR) is 80.1 cm³/mol. The Labute approximate surface area is 129 Å². The molecule has 0 saturated carbocycles. The minimum absolute atomic E-state index is 0.0559. The van der Waals surface area contributed by atoms with E-state index in [4.69, 9.17) is 4.74 Å². The number of hydrogen-bond acceptors (Lipinski definition) is 3. The number of carbonyl (C=O) groups excluding carboxylic acids is 2. The maximum Gasteiger partial charge on any atom is 0.407 e. The number of hydrogen-bond donors (Lipinski definition) is 1. The van der Waals surface area contributed by atoms with Crippen LogP contribution in [0, 0.1) is 5.82 Å². The van der Waals surface area contributed by atoms with Crippen LogP contribution in [0.4, 0.5) is 9.18 Å². The summed E-state index contributed by atoms with van der Waals surface area (Å²) in [5, 5.41) is 2.74. The average Bonchev–Trinajstić information content (AvgIpc) is 2.84. The lowest BCUT2D eigenvalue weighted by atomic mass is 10.2. The van der Waals surface area contributed by atoms with Crippen LogP contribution in [0.15, 0.2) is 24.3 Å². The zero-order chi connectivity index (χ0) is 16.3. The van der Waals surface area contributed by atoms with Crippen molar-refractivity contribution in [2.45, 2.75) is 38.8 Å². The van der Waals surface area contributed by atoms with Crippen LogP contribution in [0.3, 0.4) is 0 Å².